The third-order valence-corrected chi connectivity index (χ3v) is 5.14. The van der Waals surface area contributed by atoms with E-state index in [1.165, 1.54) is 5.56 Å². The van der Waals surface area contributed by atoms with Gasteiger partial charge < -0.3 is 9.13 Å². The van der Waals surface area contributed by atoms with E-state index < -0.39 is 5.89 Å². The lowest BCUT2D eigenvalue weighted by Crippen LogP contribution is -2.27. The fraction of sp³-hybridized carbons (Fsp3) is 0.400. The highest BCUT2D eigenvalue weighted by Gasteiger charge is 2.32. The maximum atomic E-state index is 13.4. The Kier molecular flexibility index (Phi) is 3.28. The first-order valence-electron chi connectivity index (χ1n) is 9.09. The Labute approximate surface area is 143 Å². The molecular formula is C20H23N3O. The number of aromatic nitrogens is 3. The van der Waals surface area contributed by atoms with Gasteiger partial charge in [0.05, 0.1) is 0 Å². The van der Waals surface area contributed by atoms with Crippen molar-refractivity contribution in [3.63, 3.8) is 0 Å². The summed E-state index contributed by atoms with van der Waals surface area (Å²) < 4.78 is 13.1. The SMILES string of the molecule is [2H][C@]1(Cn2ccnc2C)CCc2c(c3ccc(C)cc3n2CC)C1=O. The molecule has 0 spiro atoms. The van der Waals surface area contributed by atoms with Crippen LogP contribution in [0.1, 0.15) is 42.2 Å². The van der Waals surface area contributed by atoms with Crippen LogP contribution in [0.3, 0.4) is 0 Å². The predicted molar refractivity (Wildman–Crippen MR) is 95.5 cm³/mol. The van der Waals surface area contributed by atoms with E-state index in [-0.39, 0.29) is 5.78 Å². The van der Waals surface area contributed by atoms with Crippen LogP contribution in [-0.2, 0) is 19.5 Å². The van der Waals surface area contributed by atoms with Gasteiger partial charge in [0.15, 0.2) is 5.78 Å². The lowest BCUT2D eigenvalue weighted by molar-refractivity contribution is 0.0888. The Morgan fingerprint density at radius 1 is 1.38 bits per heavy atom. The lowest BCUT2D eigenvalue weighted by Gasteiger charge is -2.23. The molecule has 1 aliphatic rings. The second-order valence-electron chi connectivity index (χ2n) is 6.62. The molecule has 0 radical (unpaired) electrons. The quantitative estimate of drug-likeness (QED) is 0.733. The van der Waals surface area contributed by atoms with Gasteiger partial charge in [0, 0.05) is 54.9 Å². The van der Waals surface area contributed by atoms with Gasteiger partial charge in [-0.1, -0.05) is 12.1 Å². The van der Waals surface area contributed by atoms with E-state index in [4.69, 9.17) is 1.37 Å². The molecule has 4 nitrogen and oxygen atoms in total. The average Bonchev–Trinajstić information content (AvgIpc) is 3.12. The van der Waals surface area contributed by atoms with Crippen LogP contribution in [0.4, 0.5) is 0 Å². The van der Waals surface area contributed by atoms with Gasteiger partial charge in [-0.05, 0) is 45.2 Å². The number of ketones is 1. The van der Waals surface area contributed by atoms with Crippen LogP contribution in [0.25, 0.3) is 10.9 Å². The summed E-state index contributed by atoms with van der Waals surface area (Å²) in [5.74, 6) is -0.337. The van der Waals surface area contributed by atoms with Crippen molar-refractivity contribution in [3.05, 3.63) is 53.2 Å². The monoisotopic (exact) mass is 322 g/mol. The zero-order valence-corrected chi connectivity index (χ0v) is 14.5. The molecule has 0 unspecified atom stereocenters. The molecule has 1 aliphatic carbocycles. The number of aryl methyl sites for hydroxylation is 3. The van der Waals surface area contributed by atoms with Gasteiger partial charge in [-0.25, -0.2) is 4.98 Å². The van der Waals surface area contributed by atoms with Crippen molar-refractivity contribution in [2.45, 2.75) is 46.7 Å². The summed E-state index contributed by atoms with van der Waals surface area (Å²) in [6.07, 6.45) is 4.89. The lowest BCUT2D eigenvalue weighted by atomic mass is 9.84. The maximum absolute atomic E-state index is 13.4. The van der Waals surface area contributed by atoms with Crippen LogP contribution in [-0.4, -0.2) is 19.9 Å². The zero-order chi connectivity index (χ0) is 17.8. The molecule has 4 rings (SSSR count). The van der Waals surface area contributed by atoms with Crippen molar-refractivity contribution in [2.24, 2.45) is 5.89 Å². The first-order chi connectivity index (χ1) is 11.9. The molecule has 1 aromatic carbocycles. The number of hydrogen-bond donors (Lipinski definition) is 0. The Morgan fingerprint density at radius 2 is 2.21 bits per heavy atom. The number of nitrogens with zero attached hydrogens (tertiary/aromatic N) is 3. The molecule has 3 aromatic rings. The van der Waals surface area contributed by atoms with Crippen LogP contribution in [0.15, 0.2) is 30.6 Å². The van der Waals surface area contributed by atoms with Crippen molar-refractivity contribution in [1.29, 1.82) is 0 Å². The standard InChI is InChI=1S/C20H23N3O/c1-4-23-17-8-6-15(12-22-10-9-21-14(22)3)20(24)19(17)16-7-5-13(2)11-18(16)23/h5,7,9-11,15H,4,6,8,12H2,1-3H3/t15-/m1/s1/i15D. The molecule has 0 saturated heterocycles. The molecule has 2 heterocycles. The minimum Gasteiger partial charge on any atom is -0.344 e. The number of benzene rings is 1. The van der Waals surface area contributed by atoms with Crippen LogP contribution in [0.5, 0.6) is 0 Å². The maximum Gasteiger partial charge on any atom is 0.170 e. The fourth-order valence-electron chi connectivity index (χ4n) is 3.87. The normalized spacial score (nSPS) is 21.1. The largest absolute Gasteiger partial charge is 0.344 e. The van der Waals surface area contributed by atoms with E-state index in [9.17, 15) is 4.79 Å². The molecule has 0 fully saturated rings. The van der Waals surface area contributed by atoms with Crippen molar-refractivity contribution in [3.8, 4) is 0 Å². The molecular weight excluding hydrogens is 298 g/mol. The molecule has 0 saturated carbocycles. The zero-order valence-electron chi connectivity index (χ0n) is 15.5. The minimum absolute atomic E-state index is 0.0529. The Bertz CT molecular complexity index is 984. The third kappa shape index (κ3) is 2.20. The molecule has 124 valence electrons. The summed E-state index contributed by atoms with van der Waals surface area (Å²) in [4.78, 5) is 17.6. The molecule has 0 aliphatic heterocycles. The number of Topliss-reactive ketones (excluding diaryl/α,β-unsaturated/α-hetero) is 1. The van der Waals surface area contributed by atoms with Crippen molar-refractivity contribution in [1.82, 2.24) is 14.1 Å². The molecule has 1 atom stereocenters. The van der Waals surface area contributed by atoms with E-state index in [1.54, 1.807) is 6.20 Å². The number of rotatable bonds is 3. The van der Waals surface area contributed by atoms with Gasteiger partial charge in [0.25, 0.3) is 0 Å². The molecule has 24 heavy (non-hydrogen) atoms. The Morgan fingerprint density at radius 3 is 2.92 bits per heavy atom. The summed E-state index contributed by atoms with van der Waals surface area (Å²) in [6, 6.07) is 6.24. The number of fused-ring (bicyclic) bond motifs is 3. The van der Waals surface area contributed by atoms with Crippen LogP contribution in [0.2, 0.25) is 0 Å². The first-order valence-corrected chi connectivity index (χ1v) is 8.59. The van der Waals surface area contributed by atoms with Gasteiger partial charge in [-0.15, -0.1) is 0 Å². The van der Waals surface area contributed by atoms with Crippen molar-refractivity contribution < 1.29 is 6.17 Å². The minimum atomic E-state index is -1.13. The van der Waals surface area contributed by atoms with Gasteiger partial charge >= 0.3 is 0 Å². The highest BCUT2D eigenvalue weighted by Crippen LogP contribution is 2.35. The molecule has 0 N–H and O–H groups in total. The first kappa shape index (κ1) is 14.0. The van der Waals surface area contributed by atoms with Gasteiger partial charge in [-0.3, -0.25) is 4.79 Å². The van der Waals surface area contributed by atoms with E-state index in [0.29, 0.717) is 13.0 Å². The summed E-state index contributed by atoms with van der Waals surface area (Å²) >= 11 is 0. The number of carbonyl (C=O) groups is 1. The van der Waals surface area contributed by atoms with Crippen LogP contribution >= 0.6 is 0 Å². The fourth-order valence-corrected chi connectivity index (χ4v) is 3.87. The van der Waals surface area contributed by atoms with E-state index >= 15 is 0 Å². The molecule has 0 bridgehead atoms. The van der Waals surface area contributed by atoms with Gasteiger partial charge in [-0.2, -0.15) is 0 Å². The predicted octanol–water partition coefficient (Wildman–Crippen LogP) is 3.92. The Balaban J connectivity index is 1.85. The number of hydrogen-bond acceptors (Lipinski definition) is 2. The summed E-state index contributed by atoms with van der Waals surface area (Å²) in [7, 11) is 0. The van der Waals surface area contributed by atoms with E-state index in [0.717, 1.165) is 41.0 Å². The van der Waals surface area contributed by atoms with Gasteiger partial charge in [0.1, 0.15) is 5.82 Å². The van der Waals surface area contributed by atoms with Crippen LogP contribution < -0.4 is 0 Å². The topological polar surface area (TPSA) is 39.8 Å². The third-order valence-electron chi connectivity index (χ3n) is 5.14. The summed E-state index contributed by atoms with van der Waals surface area (Å²) in [5.41, 5.74) is 4.16. The van der Waals surface area contributed by atoms with Gasteiger partial charge in [0.2, 0.25) is 0 Å². The number of carbonyl (C=O) groups excluding carboxylic acids is 1. The van der Waals surface area contributed by atoms with E-state index in [2.05, 4.69) is 35.5 Å². The summed E-state index contributed by atoms with van der Waals surface area (Å²) in [6.45, 7) is 7.30. The second-order valence-corrected chi connectivity index (χ2v) is 6.62. The second kappa shape index (κ2) is 5.62. The average molecular weight is 322 g/mol. The molecule has 4 heteroatoms. The highest BCUT2D eigenvalue weighted by molar-refractivity contribution is 6.11. The van der Waals surface area contributed by atoms with Crippen LogP contribution in [0, 0.1) is 19.7 Å². The number of imidazole rings is 1. The van der Waals surface area contributed by atoms with Crippen molar-refractivity contribution in [2.75, 3.05) is 0 Å². The van der Waals surface area contributed by atoms with Crippen molar-refractivity contribution >= 4 is 16.7 Å². The molecule has 0 amide bonds. The Hall–Kier alpha value is -2.36. The smallest absolute Gasteiger partial charge is 0.170 e. The van der Waals surface area contributed by atoms with E-state index in [1.807, 2.05) is 23.8 Å². The summed E-state index contributed by atoms with van der Waals surface area (Å²) in [5, 5.41) is 0.992. The highest BCUT2D eigenvalue weighted by atomic mass is 16.1. The molecule has 2 aromatic heterocycles.